The molecule has 0 aliphatic heterocycles. The van der Waals surface area contributed by atoms with Crippen molar-refractivity contribution in [1.82, 2.24) is 19.3 Å². The number of alkyl halides is 3. The third kappa shape index (κ3) is 2.89. The molecule has 0 aliphatic carbocycles. The monoisotopic (exact) mass is 405 g/mol. The maximum absolute atomic E-state index is 13.2. The number of pyridine rings is 2. The standard InChI is InChI=1S/C18H11ClF3N5O/c19-10-2-4-11(5-3-10)27-16-12(6-7-13(25-16)18(20,21)22)14(23)15(17(27)28)26-9-1-8-24-26/h1-9H,23H2. The lowest BCUT2D eigenvalue weighted by molar-refractivity contribution is -0.141. The maximum Gasteiger partial charge on any atom is 0.433 e. The smallest absolute Gasteiger partial charge is 0.396 e. The van der Waals surface area contributed by atoms with Crippen molar-refractivity contribution in [3.05, 3.63) is 75.9 Å². The molecule has 3 heterocycles. The molecule has 6 nitrogen and oxygen atoms in total. The molecule has 0 aliphatic rings. The van der Waals surface area contributed by atoms with E-state index in [4.69, 9.17) is 17.3 Å². The number of nitrogen functional groups attached to an aromatic ring is 1. The van der Waals surface area contributed by atoms with E-state index in [1.165, 1.54) is 47.4 Å². The fourth-order valence-electron chi connectivity index (χ4n) is 2.88. The molecule has 0 unspecified atom stereocenters. The van der Waals surface area contributed by atoms with Gasteiger partial charge in [-0.05, 0) is 42.5 Å². The molecule has 0 spiro atoms. The van der Waals surface area contributed by atoms with E-state index in [0.29, 0.717) is 10.7 Å². The van der Waals surface area contributed by atoms with Crippen molar-refractivity contribution < 1.29 is 13.2 Å². The number of benzene rings is 1. The molecule has 0 atom stereocenters. The molecule has 4 rings (SSSR count). The Balaban J connectivity index is 2.16. The van der Waals surface area contributed by atoms with Gasteiger partial charge in [-0.2, -0.15) is 18.3 Å². The van der Waals surface area contributed by atoms with Gasteiger partial charge < -0.3 is 5.73 Å². The Hall–Kier alpha value is -3.33. The van der Waals surface area contributed by atoms with Crippen LogP contribution in [0.15, 0.2) is 59.7 Å². The summed E-state index contributed by atoms with van der Waals surface area (Å²) >= 11 is 5.89. The Morgan fingerprint density at radius 3 is 2.39 bits per heavy atom. The zero-order chi connectivity index (χ0) is 20.1. The molecule has 0 bridgehead atoms. The summed E-state index contributed by atoms with van der Waals surface area (Å²) in [5, 5.41) is 4.62. The Bertz CT molecular complexity index is 1230. The van der Waals surface area contributed by atoms with E-state index in [0.717, 1.165) is 10.6 Å². The van der Waals surface area contributed by atoms with E-state index in [1.807, 2.05) is 0 Å². The third-order valence-corrected chi connectivity index (χ3v) is 4.40. The Kier molecular flexibility index (Phi) is 4.11. The van der Waals surface area contributed by atoms with Crippen molar-refractivity contribution in [2.75, 3.05) is 5.73 Å². The number of hydrogen-bond acceptors (Lipinski definition) is 4. The van der Waals surface area contributed by atoms with Gasteiger partial charge in [0, 0.05) is 22.8 Å². The van der Waals surface area contributed by atoms with Gasteiger partial charge in [-0.15, -0.1) is 0 Å². The second kappa shape index (κ2) is 6.38. The Morgan fingerprint density at radius 1 is 1.07 bits per heavy atom. The first-order valence-electron chi connectivity index (χ1n) is 7.96. The van der Waals surface area contributed by atoms with E-state index < -0.39 is 17.4 Å². The highest BCUT2D eigenvalue weighted by Gasteiger charge is 2.33. The van der Waals surface area contributed by atoms with Gasteiger partial charge in [0.05, 0.1) is 11.4 Å². The number of fused-ring (bicyclic) bond motifs is 1. The lowest BCUT2D eigenvalue weighted by atomic mass is 10.2. The average Bonchev–Trinajstić information content (AvgIpc) is 3.16. The summed E-state index contributed by atoms with van der Waals surface area (Å²) in [6.45, 7) is 0. The molecule has 0 radical (unpaired) electrons. The van der Waals surface area contributed by atoms with Crippen molar-refractivity contribution in [2.24, 2.45) is 0 Å². The van der Waals surface area contributed by atoms with E-state index in [-0.39, 0.29) is 22.4 Å². The lowest BCUT2D eigenvalue weighted by Crippen LogP contribution is -2.27. The topological polar surface area (TPSA) is 78.7 Å². The van der Waals surface area contributed by atoms with Crippen LogP contribution in [0.2, 0.25) is 5.02 Å². The third-order valence-electron chi connectivity index (χ3n) is 4.15. The molecular formula is C18H11ClF3N5O. The van der Waals surface area contributed by atoms with Crippen molar-refractivity contribution in [3.63, 3.8) is 0 Å². The van der Waals surface area contributed by atoms with Gasteiger partial charge in [-0.1, -0.05) is 11.6 Å². The van der Waals surface area contributed by atoms with Crippen LogP contribution in [0.5, 0.6) is 0 Å². The molecule has 0 fully saturated rings. The average molecular weight is 406 g/mol. The lowest BCUT2D eigenvalue weighted by Gasteiger charge is -2.16. The van der Waals surface area contributed by atoms with Gasteiger partial charge in [-0.3, -0.25) is 9.36 Å². The zero-order valence-corrected chi connectivity index (χ0v) is 14.7. The summed E-state index contributed by atoms with van der Waals surface area (Å²) in [7, 11) is 0. The number of nitrogens with zero attached hydrogens (tertiary/aromatic N) is 4. The first kappa shape index (κ1) is 18.1. The van der Waals surface area contributed by atoms with Crippen LogP contribution in [-0.4, -0.2) is 19.3 Å². The van der Waals surface area contributed by atoms with Crippen LogP contribution in [0.25, 0.3) is 22.4 Å². The van der Waals surface area contributed by atoms with E-state index in [2.05, 4.69) is 10.1 Å². The van der Waals surface area contributed by atoms with Gasteiger partial charge in [0.15, 0.2) is 5.69 Å². The summed E-state index contributed by atoms with van der Waals surface area (Å²) in [5.41, 5.74) is 4.40. The summed E-state index contributed by atoms with van der Waals surface area (Å²) in [5.74, 6) is 0. The molecule has 4 aromatic rings. The number of rotatable bonds is 2. The van der Waals surface area contributed by atoms with Gasteiger partial charge in [0.25, 0.3) is 5.56 Å². The van der Waals surface area contributed by atoms with Crippen LogP contribution < -0.4 is 11.3 Å². The molecule has 2 N–H and O–H groups in total. The van der Waals surface area contributed by atoms with Crippen molar-refractivity contribution in [1.29, 1.82) is 0 Å². The Labute approximate surface area is 160 Å². The molecule has 3 aromatic heterocycles. The van der Waals surface area contributed by atoms with Crippen LogP contribution in [-0.2, 0) is 6.18 Å². The second-order valence-electron chi connectivity index (χ2n) is 5.90. The quantitative estimate of drug-likeness (QED) is 0.550. The molecule has 0 saturated heterocycles. The number of halogens is 4. The predicted octanol–water partition coefficient (Wildman–Crippen LogP) is 3.83. The number of aromatic nitrogens is 4. The fourth-order valence-corrected chi connectivity index (χ4v) is 3.01. The fraction of sp³-hybridized carbons (Fsp3) is 0.0556. The van der Waals surface area contributed by atoms with E-state index in [9.17, 15) is 18.0 Å². The predicted molar refractivity (Wildman–Crippen MR) is 98.9 cm³/mol. The SMILES string of the molecule is Nc1c(-n2cccn2)c(=O)n(-c2ccc(Cl)cc2)c2nc(C(F)(F)F)ccc12. The summed E-state index contributed by atoms with van der Waals surface area (Å²) in [6.07, 6.45) is -1.70. The molecule has 1 aromatic carbocycles. The first-order chi connectivity index (χ1) is 13.3. The van der Waals surface area contributed by atoms with Crippen LogP contribution in [0.3, 0.4) is 0 Å². The highest BCUT2D eigenvalue weighted by atomic mass is 35.5. The highest BCUT2D eigenvalue weighted by Crippen LogP contribution is 2.32. The first-order valence-corrected chi connectivity index (χ1v) is 8.33. The number of nitrogens with two attached hydrogens (primary N) is 1. The van der Waals surface area contributed by atoms with Gasteiger partial charge in [0.1, 0.15) is 11.3 Å². The summed E-state index contributed by atoms with van der Waals surface area (Å²) in [4.78, 5) is 16.9. The molecule has 0 saturated carbocycles. The minimum Gasteiger partial charge on any atom is -0.396 e. The largest absolute Gasteiger partial charge is 0.433 e. The van der Waals surface area contributed by atoms with Crippen LogP contribution in [0.4, 0.5) is 18.9 Å². The summed E-state index contributed by atoms with van der Waals surface area (Å²) in [6, 6.07) is 9.67. The molecular weight excluding hydrogens is 395 g/mol. The zero-order valence-electron chi connectivity index (χ0n) is 14.0. The van der Waals surface area contributed by atoms with Crippen LogP contribution in [0.1, 0.15) is 5.69 Å². The van der Waals surface area contributed by atoms with Gasteiger partial charge in [0.2, 0.25) is 0 Å². The van der Waals surface area contributed by atoms with E-state index in [1.54, 1.807) is 6.07 Å². The second-order valence-corrected chi connectivity index (χ2v) is 6.33. The van der Waals surface area contributed by atoms with Crippen molar-refractivity contribution >= 4 is 28.3 Å². The number of hydrogen-bond donors (Lipinski definition) is 1. The highest BCUT2D eigenvalue weighted by molar-refractivity contribution is 6.30. The maximum atomic E-state index is 13.2. The summed E-state index contributed by atoms with van der Waals surface area (Å²) < 4.78 is 41.9. The molecule has 142 valence electrons. The molecule has 28 heavy (non-hydrogen) atoms. The van der Waals surface area contributed by atoms with Gasteiger partial charge in [-0.25, -0.2) is 9.67 Å². The molecule has 10 heteroatoms. The molecule has 0 amide bonds. The minimum atomic E-state index is -4.68. The minimum absolute atomic E-state index is 0.00834. The van der Waals surface area contributed by atoms with Crippen molar-refractivity contribution in [2.45, 2.75) is 6.18 Å². The van der Waals surface area contributed by atoms with Gasteiger partial charge >= 0.3 is 6.18 Å². The van der Waals surface area contributed by atoms with Crippen molar-refractivity contribution in [3.8, 4) is 11.4 Å². The normalized spacial score (nSPS) is 11.9. The van der Waals surface area contributed by atoms with Crippen LogP contribution in [0, 0.1) is 0 Å². The number of anilines is 1. The van der Waals surface area contributed by atoms with Crippen LogP contribution >= 0.6 is 11.6 Å². The Morgan fingerprint density at radius 2 is 1.79 bits per heavy atom. The van der Waals surface area contributed by atoms with E-state index >= 15 is 0 Å².